The summed E-state index contributed by atoms with van der Waals surface area (Å²) in [6.07, 6.45) is 2.43. The van der Waals surface area contributed by atoms with Crippen LogP contribution in [0.5, 0.6) is 5.75 Å². The third-order valence-corrected chi connectivity index (χ3v) is 4.18. The molecule has 0 saturated carbocycles. The second-order valence-electron chi connectivity index (χ2n) is 5.02. The first-order chi connectivity index (χ1) is 9.83. The molecule has 0 bridgehead atoms. The second-order valence-corrected chi connectivity index (χ2v) is 5.94. The maximum absolute atomic E-state index is 5.82. The largest absolute Gasteiger partial charge is 0.492 e. The molecule has 0 radical (unpaired) electrons. The number of ether oxygens (including phenoxy) is 1. The first-order valence-electron chi connectivity index (χ1n) is 7.04. The van der Waals surface area contributed by atoms with Crippen molar-refractivity contribution in [2.75, 3.05) is 24.6 Å². The molecule has 1 aliphatic heterocycles. The van der Waals surface area contributed by atoms with Crippen LogP contribution in [-0.2, 0) is 6.42 Å². The van der Waals surface area contributed by atoms with Gasteiger partial charge in [0.2, 0.25) is 0 Å². The molecule has 20 heavy (non-hydrogen) atoms. The molecule has 3 heteroatoms. The van der Waals surface area contributed by atoms with E-state index in [-0.39, 0.29) is 0 Å². The summed E-state index contributed by atoms with van der Waals surface area (Å²) in [5.74, 6) is 0.929. The summed E-state index contributed by atoms with van der Waals surface area (Å²) in [6, 6.07) is 16.7. The van der Waals surface area contributed by atoms with Crippen LogP contribution in [0.3, 0.4) is 0 Å². The van der Waals surface area contributed by atoms with Crippen LogP contribution in [0.25, 0.3) is 0 Å². The minimum absolute atomic E-state index is 0.718. The molecule has 0 unspecified atom stereocenters. The van der Waals surface area contributed by atoms with Gasteiger partial charge in [-0.25, -0.2) is 0 Å². The topological polar surface area (TPSA) is 12.5 Å². The van der Waals surface area contributed by atoms with Gasteiger partial charge in [0.15, 0.2) is 0 Å². The molecular weight excluding hydrogens is 314 g/mol. The highest BCUT2D eigenvalue weighted by atomic mass is 79.9. The smallest absolute Gasteiger partial charge is 0.119 e. The summed E-state index contributed by atoms with van der Waals surface area (Å²) in [7, 11) is 0. The van der Waals surface area contributed by atoms with Gasteiger partial charge in [0.25, 0.3) is 0 Å². The van der Waals surface area contributed by atoms with E-state index < -0.39 is 0 Å². The van der Waals surface area contributed by atoms with Crippen molar-refractivity contribution in [3.05, 3.63) is 58.6 Å². The number of rotatable bonds is 4. The van der Waals surface area contributed by atoms with Crippen LogP contribution >= 0.6 is 15.9 Å². The van der Waals surface area contributed by atoms with Crippen LogP contribution in [0.15, 0.2) is 53.0 Å². The lowest BCUT2D eigenvalue weighted by atomic mass is 10.0. The van der Waals surface area contributed by atoms with Gasteiger partial charge in [0.1, 0.15) is 12.4 Å². The van der Waals surface area contributed by atoms with Gasteiger partial charge in [-0.1, -0.05) is 34.1 Å². The summed E-state index contributed by atoms with van der Waals surface area (Å²) in [4.78, 5) is 2.43. The van der Waals surface area contributed by atoms with E-state index in [4.69, 9.17) is 4.74 Å². The minimum atomic E-state index is 0.718. The fourth-order valence-electron chi connectivity index (χ4n) is 2.65. The molecule has 0 spiro atoms. The van der Waals surface area contributed by atoms with Gasteiger partial charge >= 0.3 is 0 Å². The number of nitrogens with zero attached hydrogens (tertiary/aromatic N) is 1. The number of halogens is 1. The number of benzene rings is 2. The van der Waals surface area contributed by atoms with Crippen LogP contribution < -0.4 is 9.64 Å². The predicted molar refractivity (Wildman–Crippen MR) is 86.6 cm³/mol. The van der Waals surface area contributed by atoms with Crippen molar-refractivity contribution in [3.8, 4) is 5.75 Å². The van der Waals surface area contributed by atoms with E-state index in [2.05, 4.69) is 45.1 Å². The Bertz CT molecular complexity index is 567. The van der Waals surface area contributed by atoms with Gasteiger partial charge in [-0.15, -0.1) is 0 Å². The first-order valence-corrected chi connectivity index (χ1v) is 7.83. The average Bonchev–Trinajstić information content (AvgIpc) is 2.49. The molecule has 0 aliphatic carbocycles. The number of fused-ring (bicyclic) bond motifs is 1. The van der Waals surface area contributed by atoms with E-state index in [0.29, 0.717) is 0 Å². The number of hydrogen-bond donors (Lipinski definition) is 0. The summed E-state index contributed by atoms with van der Waals surface area (Å²) in [6.45, 7) is 2.78. The minimum Gasteiger partial charge on any atom is -0.492 e. The van der Waals surface area contributed by atoms with Crippen LogP contribution in [0.4, 0.5) is 5.69 Å². The zero-order valence-electron chi connectivity index (χ0n) is 11.4. The highest BCUT2D eigenvalue weighted by Gasteiger charge is 2.15. The van der Waals surface area contributed by atoms with E-state index in [1.807, 2.05) is 24.3 Å². The van der Waals surface area contributed by atoms with E-state index in [0.717, 1.165) is 29.9 Å². The summed E-state index contributed by atoms with van der Waals surface area (Å²) >= 11 is 3.43. The highest BCUT2D eigenvalue weighted by Crippen LogP contribution is 2.26. The number of anilines is 1. The van der Waals surface area contributed by atoms with Gasteiger partial charge in [0.05, 0.1) is 6.54 Å². The van der Waals surface area contributed by atoms with Crippen molar-refractivity contribution in [2.45, 2.75) is 12.8 Å². The van der Waals surface area contributed by atoms with E-state index in [1.165, 1.54) is 24.1 Å². The van der Waals surface area contributed by atoms with Crippen molar-refractivity contribution in [1.29, 1.82) is 0 Å². The zero-order valence-corrected chi connectivity index (χ0v) is 13.0. The molecule has 1 heterocycles. The van der Waals surface area contributed by atoms with Crippen molar-refractivity contribution in [3.63, 3.8) is 0 Å². The molecule has 1 aliphatic rings. The lowest BCUT2D eigenvalue weighted by Gasteiger charge is -2.31. The Hall–Kier alpha value is -1.48. The van der Waals surface area contributed by atoms with Crippen molar-refractivity contribution >= 4 is 21.6 Å². The van der Waals surface area contributed by atoms with Gasteiger partial charge < -0.3 is 9.64 Å². The van der Waals surface area contributed by atoms with Crippen molar-refractivity contribution < 1.29 is 4.74 Å². The Morgan fingerprint density at radius 3 is 2.70 bits per heavy atom. The second kappa shape index (κ2) is 6.31. The van der Waals surface area contributed by atoms with E-state index in [9.17, 15) is 0 Å². The molecule has 0 saturated heterocycles. The third kappa shape index (κ3) is 3.15. The molecular formula is C17H18BrNO. The molecule has 3 rings (SSSR count). The molecule has 2 aromatic carbocycles. The Labute approximate surface area is 128 Å². The SMILES string of the molecule is Brc1ccc(OCCN2CCCc3ccccc32)cc1. The molecule has 2 nitrogen and oxygen atoms in total. The van der Waals surface area contributed by atoms with Crippen LogP contribution in [0.1, 0.15) is 12.0 Å². The first kappa shape index (κ1) is 13.5. The van der Waals surface area contributed by atoms with Crippen LogP contribution in [-0.4, -0.2) is 19.7 Å². The summed E-state index contributed by atoms with van der Waals surface area (Å²) in [5, 5.41) is 0. The number of aryl methyl sites for hydroxylation is 1. The zero-order chi connectivity index (χ0) is 13.8. The third-order valence-electron chi connectivity index (χ3n) is 3.65. The van der Waals surface area contributed by atoms with Gasteiger partial charge in [-0.05, 0) is 48.7 Å². The molecule has 104 valence electrons. The Morgan fingerprint density at radius 1 is 1.05 bits per heavy atom. The standard InChI is InChI=1S/C17H18BrNO/c18-15-7-9-16(10-8-15)20-13-12-19-11-3-5-14-4-1-2-6-17(14)19/h1-2,4,6-10H,3,5,11-13H2. The average molecular weight is 332 g/mol. The molecule has 0 amide bonds. The molecule has 0 N–H and O–H groups in total. The summed E-state index contributed by atoms with van der Waals surface area (Å²) in [5.41, 5.74) is 2.83. The molecule has 0 aromatic heterocycles. The lowest BCUT2D eigenvalue weighted by molar-refractivity contribution is 0.322. The lowest BCUT2D eigenvalue weighted by Crippen LogP contribution is -2.33. The van der Waals surface area contributed by atoms with E-state index >= 15 is 0 Å². The van der Waals surface area contributed by atoms with Gasteiger partial charge in [-0.2, -0.15) is 0 Å². The Balaban J connectivity index is 1.58. The van der Waals surface area contributed by atoms with E-state index in [1.54, 1.807) is 0 Å². The van der Waals surface area contributed by atoms with Crippen molar-refractivity contribution in [1.82, 2.24) is 0 Å². The number of para-hydroxylation sites is 1. The molecule has 2 aromatic rings. The number of hydrogen-bond acceptors (Lipinski definition) is 2. The quantitative estimate of drug-likeness (QED) is 0.829. The Kier molecular flexibility index (Phi) is 4.26. The maximum Gasteiger partial charge on any atom is 0.119 e. The van der Waals surface area contributed by atoms with Crippen LogP contribution in [0.2, 0.25) is 0 Å². The van der Waals surface area contributed by atoms with Gasteiger partial charge in [-0.3, -0.25) is 0 Å². The van der Waals surface area contributed by atoms with Crippen LogP contribution in [0, 0.1) is 0 Å². The van der Waals surface area contributed by atoms with Crippen molar-refractivity contribution in [2.24, 2.45) is 0 Å². The Morgan fingerprint density at radius 2 is 1.85 bits per heavy atom. The maximum atomic E-state index is 5.82. The fourth-order valence-corrected chi connectivity index (χ4v) is 2.91. The fraction of sp³-hybridized carbons (Fsp3) is 0.294. The molecule has 0 fully saturated rings. The molecule has 0 atom stereocenters. The monoisotopic (exact) mass is 331 g/mol. The predicted octanol–water partition coefficient (Wildman–Crippen LogP) is 4.28. The van der Waals surface area contributed by atoms with Gasteiger partial charge in [0, 0.05) is 16.7 Å². The summed E-state index contributed by atoms with van der Waals surface area (Å²) < 4.78 is 6.89. The normalized spacial score (nSPS) is 13.9. The highest BCUT2D eigenvalue weighted by molar-refractivity contribution is 9.10.